The van der Waals surface area contributed by atoms with Crippen LogP contribution in [0.15, 0.2) is 29.2 Å². The topological polar surface area (TPSA) is 54.4 Å². The molecule has 0 amide bonds. The second-order valence-corrected chi connectivity index (χ2v) is 6.82. The van der Waals surface area contributed by atoms with E-state index >= 15 is 0 Å². The van der Waals surface area contributed by atoms with Gasteiger partial charge in [0.25, 0.3) is 0 Å². The molecule has 1 unspecified atom stereocenters. The Bertz CT molecular complexity index is 448. The quantitative estimate of drug-likeness (QED) is 0.828. The van der Waals surface area contributed by atoms with Crippen molar-refractivity contribution in [3.8, 4) is 0 Å². The Balaban J connectivity index is 2.77. The lowest BCUT2D eigenvalue weighted by Gasteiger charge is -2.14. The molecule has 1 aromatic carbocycles. The van der Waals surface area contributed by atoms with Gasteiger partial charge < -0.3 is 5.11 Å². The van der Waals surface area contributed by atoms with Crippen LogP contribution in [0.25, 0.3) is 0 Å². The SMILES string of the molecule is CCCCC(CO)CS(=O)(=O)c1ccc(C)cc1. The number of benzene rings is 1. The van der Waals surface area contributed by atoms with E-state index in [4.69, 9.17) is 0 Å². The normalized spacial score (nSPS) is 13.5. The third-order valence-corrected chi connectivity index (χ3v) is 4.96. The van der Waals surface area contributed by atoms with E-state index < -0.39 is 9.84 Å². The zero-order valence-corrected chi connectivity index (χ0v) is 11.9. The van der Waals surface area contributed by atoms with Crippen molar-refractivity contribution in [1.29, 1.82) is 0 Å². The van der Waals surface area contributed by atoms with Gasteiger partial charge in [0.1, 0.15) is 0 Å². The van der Waals surface area contributed by atoms with Gasteiger partial charge >= 0.3 is 0 Å². The molecule has 0 saturated heterocycles. The lowest BCUT2D eigenvalue weighted by atomic mass is 10.1. The van der Waals surface area contributed by atoms with Crippen molar-refractivity contribution >= 4 is 9.84 Å². The molecule has 0 aromatic heterocycles. The summed E-state index contributed by atoms with van der Waals surface area (Å²) in [6.45, 7) is 3.92. The number of aliphatic hydroxyl groups excluding tert-OH is 1. The van der Waals surface area contributed by atoms with Crippen molar-refractivity contribution in [2.75, 3.05) is 12.4 Å². The first-order valence-electron chi connectivity index (χ1n) is 6.40. The molecule has 1 atom stereocenters. The lowest BCUT2D eigenvalue weighted by Crippen LogP contribution is -2.19. The van der Waals surface area contributed by atoms with Gasteiger partial charge in [-0.1, -0.05) is 37.5 Å². The minimum Gasteiger partial charge on any atom is -0.396 e. The summed E-state index contributed by atoms with van der Waals surface area (Å²) in [5.74, 6) is -0.122. The minimum absolute atomic E-state index is 0.0343. The van der Waals surface area contributed by atoms with Crippen LogP contribution in [-0.4, -0.2) is 25.9 Å². The highest BCUT2D eigenvalue weighted by molar-refractivity contribution is 7.91. The van der Waals surface area contributed by atoms with Gasteiger partial charge in [-0.15, -0.1) is 0 Å². The number of sulfone groups is 1. The third kappa shape index (κ3) is 4.42. The number of rotatable bonds is 7. The van der Waals surface area contributed by atoms with E-state index in [9.17, 15) is 13.5 Å². The number of hydrogen-bond acceptors (Lipinski definition) is 3. The molecule has 1 N–H and O–H groups in total. The largest absolute Gasteiger partial charge is 0.396 e. The standard InChI is InChI=1S/C14H22O3S/c1-3-4-5-13(10-15)11-18(16,17)14-8-6-12(2)7-9-14/h6-9,13,15H,3-5,10-11H2,1-2H3. The maximum Gasteiger partial charge on any atom is 0.178 e. The van der Waals surface area contributed by atoms with Crippen molar-refractivity contribution in [3.05, 3.63) is 29.8 Å². The van der Waals surface area contributed by atoms with Gasteiger partial charge in [-0.05, 0) is 31.4 Å². The molecule has 0 radical (unpaired) electrons. The first-order valence-corrected chi connectivity index (χ1v) is 8.05. The first kappa shape index (κ1) is 15.2. The molecule has 0 aliphatic rings. The molecule has 0 aliphatic heterocycles. The van der Waals surface area contributed by atoms with Crippen LogP contribution in [0, 0.1) is 12.8 Å². The van der Waals surface area contributed by atoms with Crippen LogP contribution in [0.2, 0.25) is 0 Å². The molecule has 0 heterocycles. The highest BCUT2D eigenvalue weighted by Crippen LogP contribution is 2.18. The summed E-state index contributed by atoms with van der Waals surface area (Å²) >= 11 is 0. The maximum absolute atomic E-state index is 12.2. The molecule has 4 heteroatoms. The average Bonchev–Trinajstić information content (AvgIpc) is 2.35. The smallest absolute Gasteiger partial charge is 0.178 e. The number of aryl methyl sites for hydroxylation is 1. The van der Waals surface area contributed by atoms with Crippen LogP contribution in [0.4, 0.5) is 0 Å². The fraction of sp³-hybridized carbons (Fsp3) is 0.571. The van der Waals surface area contributed by atoms with E-state index in [2.05, 4.69) is 6.92 Å². The summed E-state index contributed by atoms with van der Waals surface area (Å²) < 4.78 is 24.3. The monoisotopic (exact) mass is 270 g/mol. The van der Waals surface area contributed by atoms with Crippen molar-refractivity contribution in [3.63, 3.8) is 0 Å². The van der Waals surface area contributed by atoms with E-state index in [1.807, 2.05) is 6.92 Å². The van der Waals surface area contributed by atoms with Crippen LogP contribution in [-0.2, 0) is 9.84 Å². The van der Waals surface area contributed by atoms with Gasteiger partial charge in [0.15, 0.2) is 9.84 Å². The predicted molar refractivity (Wildman–Crippen MR) is 73.3 cm³/mol. The van der Waals surface area contributed by atoms with Crippen LogP contribution < -0.4 is 0 Å². The summed E-state index contributed by atoms with van der Waals surface area (Å²) in [4.78, 5) is 0.350. The first-order chi connectivity index (χ1) is 8.49. The van der Waals surface area contributed by atoms with Crippen molar-refractivity contribution in [2.24, 2.45) is 5.92 Å². The molecule has 0 aliphatic carbocycles. The fourth-order valence-electron chi connectivity index (χ4n) is 1.87. The molecule has 0 bridgehead atoms. The maximum atomic E-state index is 12.2. The minimum atomic E-state index is -3.28. The van der Waals surface area contributed by atoms with Crippen LogP contribution >= 0.6 is 0 Å². The summed E-state index contributed by atoms with van der Waals surface area (Å²) in [6, 6.07) is 6.87. The van der Waals surface area contributed by atoms with Crippen molar-refractivity contribution < 1.29 is 13.5 Å². The van der Waals surface area contributed by atoms with Crippen LogP contribution in [0.1, 0.15) is 31.7 Å². The number of aliphatic hydroxyl groups is 1. The Labute approximate surface area is 110 Å². The van der Waals surface area contributed by atoms with E-state index in [-0.39, 0.29) is 18.3 Å². The third-order valence-electron chi connectivity index (χ3n) is 3.06. The molecule has 0 fully saturated rings. The number of unbranched alkanes of at least 4 members (excludes halogenated alkanes) is 1. The van der Waals surface area contributed by atoms with E-state index in [0.717, 1.165) is 24.8 Å². The second-order valence-electron chi connectivity index (χ2n) is 4.79. The summed E-state index contributed by atoms with van der Waals surface area (Å²) in [7, 11) is -3.28. The molecule has 18 heavy (non-hydrogen) atoms. The fourth-order valence-corrected chi connectivity index (χ4v) is 3.51. The molecule has 0 spiro atoms. The Morgan fingerprint density at radius 3 is 2.33 bits per heavy atom. The van der Waals surface area contributed by atoms with Gasteiger partial charge in [0, 0.05) is 6.61 Å². The average molecular weight is 270 g/mol. The number of hydrogen-bond donors (Lipinski definition) is 1. The molecular formula is C14H22O3S. The zero-order valence-electron chi connectivity index (χ0n) is 11.1. The highest BCUT2D eigenvalue weighted by atomic mass is 32.2. The highest BCUT2D eigenvalue weighted by Gasteiger charge is 2.20. The van der Waals surface area contributed by atoms with Gasteiger partial charge in [-0.25, -0.2) is 8.42 Å². The van der Waals surface area contributed by atoms with E-state index in [0.29, 0.717) is 4.90 Å². The lowest BCUT2D eigenvalue weighted by molar-refractivity contribution is 0.229. The molecule has 102 valence electrons. The van der Waals surface area contributed by atoms with Crippen molar-refractivity contribution in [1.82, 2.24) is 0 Å². The van der Waals surface area contributed by atoms with Gasteiger partial charge in [-0.3, -0.25) is 0 Å². The molecule has 0 saturated carbocycles. The van der Waals surface area contributed by atoms with E-state index in [1.54, 1.807) is 24.3 Å². The van der Waals surface area contributed by atoms with E-state index in [1.165, 1.54) is 0 Å². The second kappa shape index (κ2) is 6.90. The Kier molecular flexibility index (Phi) is 5.82. The molecule has 3 nitrogen and oxygen atoms in total. The van der Waals surface area contributed by atoms with Crippen LogP contribution in [0.5, 0.6) is 0 Å². The van der Waals surface area contributed by atoms with Crippen molar-refractivity contribution in [2.45, 2.75) is 38.0 Å². The Hall–Kier alpha value is -0.870. The van der Waals surface area contributed by atoms with Gasteiger partial charge in [0.05, 0.1) is 10.6 Å². The summed E-state index contributed by atoms with van der Waals surface area (Å²) in [5.41, 5.74) is 1.04. The van der Waals surface area contributed by atoms with Gasteiger partial charge in [0.2, 0.25) is 0 Å². The summed E-state index contributed by atoms with van der Waals surface area (Å²) in [6.07, 6.45) is 2.73. The zero-order chi connectivity index (χ0) is 13.6. The molecule has 1 aromatic rings. The molecular weight excluding hydrogens is 248 g/mol. The molecule has 1 rings (SSSR count). The Morgan fingerprint density at radius 1 is 1.22 bits per heavy atom. The Morgan fingerprint density at radius 2 is 1.83 bits per heavy atom. The predicted octanol–water partition coefficient (Wildman–Crippen LogP) is 2.57. The summed E-state index contributed by atoms with van der Waals surface area (Å²) in [5, 5.41) is 9.24. The van der Waals surface area contributed by atoms with Gasteiger partial charge in [-0.2, -0.15) is 0 Å². The van der Waals surface area contributed by atoms with Crippen LogP contribution in [0.3, 0.4) is 0 Å².